The van der Waals surface area contributed by atoms with Crippen molar-refractivity contribution < 1.29 is 18.4 Å². The maximum atomic E-state index is 13.1. The standard InChI is InChI=1S/C17H15ClF2N2O2/c18-12-3-1-10(2-4-12)7-15(17(21)24)22-16(23)8-11-5-13(19)9-14(20)6-11/h1-6,9,15H,7-8H2,(H2,21,24)(H,22,23)/t15-/m1/s1. The van der Waals surface area contributed by atoms with Gasteiger partial charge in [0, 0.05) is 17.5 Å². The Bertz CT molecular complexity index is 731. The van der Waals surface area contributed by atoms with Crippen LogP contribution in [0, 0.1) is 11.6 Å². The molecule has 0 aromatic heterocycles. The third-order valence-corrected chi connectivity index (χ3v) is 3.57. The Balaban J connectivity index is 2.02. The molecule has 24 heavy (non-hydrogen) atoms. The lowest BCUT2D eigenvalue weighted by Crippen LogP contribution is -2.46. The smallest absolute Gasteiger partial charge is 0.240 e. The van der Waals surface area contributed by atoms with Gasteiger partial charge >= 0.3 is 0 Å². The summed E-state index contributed by atoms with van der Waals surface area (Å²) in [5.41, 5.74) is 6.24. The first-order valence-electron chi connectivity index (χ1n) is 7.11. The lowest BCUT2D eigenvalue weighted by atomic mass is 10.0. The number of carbonyl (C=O) groups is 2. The number of halogens is 3. The van der Waals surface area contributed by atoms with E-state index < -0.39 is 29.5 Å². The van der Waals surface area contributed by atoms with E-state index in [0.717, 1.165) is 17.7 Å². The zero-order valence-corrected chi connectivity index (χ0v) is 13.3. The average Bonchev–Trinajstić information content (AvgIpc) is 2.47. The molecule has 0 aliphatic carbocycles. The van der Waals surface area contributed by atoms with Gasteiger partial charge < -0.3 is 11.1 Å². The molecule has 1 atom stereocenters. The van der Waals surface area contributed by atoms with Gasteiger partial charge in [-0.05, 0) is 35.4 Å². The minimum atomic E-state index is -0.933. The predicted octanol–water partition coefficient (Wildman–Crippen LogP) is 2.37. The fourth-order valence-electron chi connectivity index (χ4n) is 2.22. The molecule has 0 saturated carbocycles. The summed E-state index contributed by atoms with van der Waals surface area (Å²) in [6.07, 6.45) is -0.0746. The summed E-state index contributed by atoms with van der Waals surface area (Å²) in [7, 11) is 0. The van der Waals surface area contributed by atoms with Crippen LogP contribution in [0.5, 0.6) is 0 Å². The highest BCUT2D eigenvalue weighted by Crippen LogP contribution is 2.12. The van der Waals surface area contributed by atoms with Crippen LogP contribution >= 0.6 is 11.6 Å². The van der Waals surface area contributed by atoms with Gasteiger partial charge in [0.2, 0.25) is 11.8 Å². The number of rotatable bonds is 6. The van der Waals surface area contributed by atoms with Gasteiger partial charge in [0.05, 0.1) is 6.42 Å². The number of carbonyl (C=O) groups excluding carboxylic acids is 2. The van der Waals surface area contributed by atoms with Crippen molar-refractivity contribution in [2.24, 2.45) is 5.73 Å². The van der Waals surface area contributed by atoms with Gasteiger partial charge in [0.1, 0.15) is 17.7 Å². The summed E-state index contributed by atoms with van der Waals surface area (Å²) >= 11 is 5.79. The normalized spacial score (nSPS) is 11.8. The van der Waals surface area contributed by atoms with Crippen LogP contribution < -0.4 is 11.1 Å². The number of hydrogen-bond donors (Lipinski definition) is 2. The molecule has 0 radical (unpaired) electrons. The zero-order valence-electron chi connectivity index (χ0n) is 12.6. The quantitative estimate of drug-likeness (QED) is 0.837. The predicted molar refractivity (Wildman–Crippen MR) is 86.3 cm³/mol. The van der Waals surface area contributed by atoms with E-state index in [0.29, 0.717) is 11.1 Å². The number of hydrogen-bond acceptors (Lipinski definition) is 2. The summed E-state index contributed by atoms with van der Waals surface area (Å²) in [4.78, 5) is 23.5. The number of benzene rings is 2. The Labute approximate surface area is 142 Å². The average molecular weight is 353 g/mol. The van der Waals surface area contributed by atoms with Crippen LogP contribution in [0.1, 0.15) is 11.1 Å². The van der Waals surface area contributed by atoms with Gasteiger partial charge in [-0.15, -0.1) is 0 Å². The molecule has 0 bridgehead atoms. The molecule has 0 spiro atoms. The molecule has 3 N–H and O–H groups in total. The van der Waals surface area contributed by atoms with Crippen molar-refractivity contribution in [2.45, 2.75) is 18.9 Å². The first-order valence-corrected chi connectivity index (χ1v) is 7.49. The third-order valence-electron chi connectivity index (χ3n) is 3.32. The van der Waals surface area contributed by atoms with Crippen molar-refractivity contribution in [1.29, 1.82) is 0 Å². The van der Waals surface area contributed by atoms with Crippen molar-refractivity contribution in [3.63, 3.8) is 0 Å². The second-order valence-corrected chi connectivity index (χ2v) is 5.74. The second kappa shape index (κ2) is 7.88. The fourth-order valence-corrected chi connectivity index (χ4v) is 2.35. The molecule has 126 valence electrons. The van der Waals surface area contributed by atoms with Gasteiger partial charge in [-0.2, -0.15) is 0 Å². The summed E-state index contributed by atoms with van der Waals surface area (Å²) in [6, 6.07) is 8.64. The highest BCUT2D eigenvalue weighted by atomic mass is 35.5. The number of nitrogens with one attached hydrogen (secondary N) is 1. The van der Waals surface area contributed by atoms with Crippen molar-refractivity contribution in [2.75, 3.05) is 0 Å². The van der Waals surface area contributed by atoms with E-state index in [4.69, 9.17) is 17.3 Å². The topological polar surface area (TPSA) is 72.2 Å². The molecule has 0 saturated heterocycles. The van der Waals surface area contributed by atoms with Gasteiger partial charge in [-0.3, -0.25) is 9.59 Å². The molecular formula is C17H15ClF2N2O2. The molecule has 7 heteroatoms. The van der Waals surface area contributed by atoms with Crippen LogP contribution in [-0.4, -0.2) is 17.9 Å². The van der Waals surface area contributed by atoms with Crippen LogP contribution in [0.3, 0.4) is 0 Å². The molecule has 2 aromatic rings. The Hall–Kier alpha value is -2.47. The molecule has 0 aliphatic rings. The first kappa shape index (κ1) is 17.9. The minimum absolute atomic E-state index is 0.166. The van der Waals surface area contributed by atoms with Gasteiger partial charge in [-0.25, -0.2) is 8.78 Å². The lowest BCUT2D eigenvalue weighted by molar-refractivity contribution is -0.127. The first-order chi connectivity index (χ1) is 11.3. The molecule has 2 amide bonds. The Kier molecular flexibility index (Phi) is 5.87. The highest BCUT2D eigenvalue weighted by Gasteiger charge is 2.19. The molecular weight excluding hydrogens is 338 g/mol. The molecule has 4 nitrogen and oxygen atoms in total. The molecule has 0 unspecified atom stereocenters. The van der Waals surface area contributed by atoms with Gasteiger partial charge in [0.25, 0.3) is 0 Å². The van der Waals surface area contributed by atoms with Gasteiger partial charge in [-0.1, -0.05) is 23.7 Å². The fraction of sp³-hybridized carbons (Fsp3) is 0.176. The van der Waals surface area contributed by atoms with Crippen molar-refractivity contribution >= 4 is 23.4 Å². The molecule has 0 aliphatic heterocycles. The van der Waals surface area contributed by atoms with E-state index in [1.807, 2.05) is 0 Å². The van der Waals surface area contributed by atoms with E-state index in [-0.39, 0.29) is 18.4 Å². The van der Waals surface area contributed by atoms with Crippen molar-refractivity contribution in [3.8, 4) is 0 Å². The second-order valence-electron chi connectivity index (χ2n) is 5.31. The van der Waals surface area contributed by atoms with Crippen LogP contribution in [0.2, 0.25) is 5.02 Å². The molecule has 0 fully saturated rings. The Morgan fingerprint density at radius 1 is 1.04 bits per heavy atom. The van der Waals surface area contributed by atoms with E-state index in [9.17, 15) is 18.4 Å². The van der Waals surface area contributed by atoms with Crippen LogP contribution in [0.25, 0.3) is 0 Å². The van der Waals surface area contributed by atoms with E-state index in [1.165, 1.54) is 0 Å². The van der Waals surface area contributed by atoms with Crippen LogP contribution in [-0.2, 0) is 22.4 Å². The maximum absolute atomic E-state index is 13.1. The summed E-state index contributed by atoms with van der Waals surface area (Å²) < 4.78 is 26.3. The van der Waals surface area contributed by atoms with Crippen molar-refractivity contribution in [1.82, 2.24) is 5.32 Å². The SMILES string of the molecule is NC(=O)[C@@H](Cc1ccc(Cl)cc1)NC(=O)Cc1cc(F)cc(F)c1. The van der Waals surface area contributed by atoms with Crippen molar-refractivity contribution in [3.05, 3.63) is 70.2 Å². The number of amides is 2. The minimum Gasteiger partial charge on any atom is -0.368 e. The highest BCUT2D eigenvalue weighted by molar-refractivity contribution is 6.30. The zero-order chi connectivity index (χ0) is 17.7. The molecule has 2 aromatic carbocycles. The Morgan fingerprint density at radius 2 is 1.62 bits per heavy atom. The van der Waals surface area contributed by atoms with Gasteiger partial charge in [0.15, 0.2) is 0 Å². The number of nitrogens with two attached hydrogens (primary N) is 1. The Morgan fingerprint density at radius 3 is 2.17 bits per heavy atom. The summed E-state index contributed by atoms with van der Waals surface area (Å²) in [5.74, 6) is -2.81. The largest absolute Gasteiger partial charge is 0.368 e. The summed E-state index contributed by atoms with van der Waals surface area (Å²) in [6.45, 7) is 0. The third kappa shape index (κ3) is 5.31. The van der Waals surface area contributed by atoms with E-state index in [2.05, 4.69) is 5.32 Å². The summed E-state index contributed by atoms with van der Waals surface area (Å²) in [5, 5.41) is 3.02. The van der Waals surface area contributed by atoms with Crippen LogP contribution in [0.15, 0.2) is 42.5 Å². The number of primary amides is 1. The molecule has 0 heterocycles. The monoisotopic (exact) mass is 352 g/mol. The van der Waals surface area contributed by atoms with E-state index >= 15 is 0 Å². The lowest BCUT2D eigenvalue weighted by Gasteiger charge is -2.16. The van der Waals surface area contributed by atoms with Crippen LogP contribution in [0.4, 0.5) is 8.78 Å². The van der Waals surface area contributed by atoms with E-state index in [1.54, 1.807) is 24.3 Å². The maximum Gasteiger partial charge on any atom is 0.240 e. The molecule has 2 rings (SSSR count).